The maximum atomic E-state index is 14.0. The minimum Gasteiger partial charge on any atom is -0.544 e. The molecular formula is C20H40NO4PSi3. The highest BCUT2D eigenvalue weighted by Gasteiger charge is 2.43. The van der Waals surface area contributed by atoms with Gasteiger partial charge in [-0.2, -0.15) is 0 Å². The number of benzene rings is 1. The van der Waals surface area contributed by atoms with E-state index in [-0.39, 0.29) is 0 Å². The lowest BCUT2D eigenvalue weighted by Crippen LogP contribution is -2.33. The number of rotatable bonds is 10. The molecule has 0 saturated heterocycles. The van der Waals surface area contributed by atoms with Crippen molar-refractivity contribution in [2.45, 2.75) is 85.0 Å². The fourth-order valence-corrected chi connectivity index (χ4v) is 11.9. The lowest BCUT2D eigenvalue weighted by Gasteiger charge is -2.34. The first kappa shape index (κ1) is 26.5. The number of hydrogen-bond acceptors (Lipinski definition) is 5. The SMILES string of the molecule is CC(C)=NC(Cc1ccc(O[Si](C)(C)C)cc1)P(=O)(O[Si](C)(C)C)O[Si](C)(C)C. The molecule has 0 radical (unpaired) electrons. The van der Waals surface area contributed by atoms with E-state index in [0.717, 1.165) is 17.0 Å². The summed E-state index contributed by atoms with van der Waals surface area (Å²) in [6.07, 6.45) is 0.505. The van der Waals surface area contributed by atoms with Crippen LogP contribution in [0, 0.1) is 0 Å². The zero-order chi connectivity index (χ0) is 22.7. The molecule has 0 heterocycles. The molecule has 166 valence electrons. The van der Waals surface area contributed by atoms with Gasteiger partial charge in [-0.15, -0.1) is 0 Å². The zero-order valence-corrected chi connectivity index (χ0v) is 24.0. The molecular weight excluding hydrogens is 433 g/mol. The maximum absolute atomic E-state index is 14.0. The summed E-state index contributed by atoms with van der Waals surface area (Å²) in [6.45, 7) is 22.5. The van der Waals surface area contributed by atoms with Crippen LogP contribution in [0.4, 0.5) is 0 Å². The maximum Gasteiger partial charge on any atom is 0.336 e. The van der Waals surface area contributed by atoms with Crippen molar-refractivity contribution in [3.8, 4) is 5.75 Å². The van der Waals surface area contributed by atoms with Crippen molar-refractivity contribution in [3.63, 3.8) is 0 Å². The van der Waals surface area contributed by atoms with E-state index in [9.17, 15) is 4.57 Å². The summed E-state index contributed by atoms with van der Waals surface area (Å²) in [5, 5.41) is 0. The van der Waals surface area contributed by atoms with Crippen LogP contribution in [-0.4, -0.2) is 36.4 Å². The Morgan fingerprint density at radius 2 is 1.31 bits per heavy atom. The van der Waals surface area contributed by atoms with Crippen LogP contribution in [0.25, 0.3) is 0 Å². The second-order valence-electron chi connectivity index (χ2n) is 10.6. The Morgan fingerprint density at radius 1 is 0.862 bits per heavy atom. The Bertz CT molecular complexity index is 723. The van der Waals surface area contributed by atoms with Gasteiger partial charge in [0.25, 0.3) is 0 Å². The first-order valence-corrected chi connectivity index (χ1v) is 22.0. The normalized spacial score (nSPS) is 14.4. The number of hydrogen-bond donors (Lipinski definition) is 0. The van der Waals surface area contributed by atoms with Crippen LogP contribution < -0.4 is 4.43 Å². The van der Waals surface area contributed by atoms with Gasteiger partial charge in [-0.1, -0.05) is 12.1 Å². The summed E-state index contributed by atoms with van der Waals surface area (Å²) in [5.41, 5.74) is 1.91. The minimum atomic E-state index is -3.43. The molecule has 0 bridgehead atoms. The number of nitrogens with zero attached hydrogens (tertiary/aromatic N) is 1. The fraction of sp³-hybridized carbons (Fsp3) is 0.650. The van der Waals surface area contributed by atoms with Crippen molar-refractivity contribution in [3.05, 3.63) is 29.8 Å². The molecule has 29 heavy (non-hydrogen) atoms. The molecule has 5 nitrogen and oxygen atoms in total. The molecule has 1 atom stereocenters. The van der Waals surface area contributed by atoms with Crippen molar-refractivity contribution in [2.24, 2.45) is 4.99 Å². The van der Waals surface area contributed by atoms with Crippen molar-refractivity contribution >= 4 is 38.3 Å². The Balaban J connectivity index is 3.25. The molecule has 1 aromatic carbocycles. The molecule has 0 aliphatic carbocycles. The number of aliphatic imine (C=N–C) groups is 1. The predicted octanol–water partition coefficient (Wildman–Crippen LogP) is 7.15. The van der Waals surface area contributed by atoms with E-state index in [4.69, 9.17) is 17.8 Å². The predicted molar refractivity (Wildman–Crippen MR) is 133 cm³/mol. The van der Waals surface area contributed by atoms with Crippen LogP contribution in [0.5, 0.6) is 5.75 Å². The minimum absolute atomic E-state index is 0.505. The second-order valence-corrected chi connectivity index (χ2v) is 26.6. The molecule has 0 spiro atoms. The van der Waals surface area contributed by atoms with Gasteiger partial charge in [0.05, 0.1) is 0 Å². The second kappa shape index (κ2) is 9.75. The lowest BCUT2D eigenvalue weighted by molar-refractivity contribution is 0.368. The van der Waals surface area contributed by atoms with Crippen molar-refractivity contribution in [1.82, 2.24) is 0 Å². The highest BCUT2D eigenvalue weighted by molar-refractivity contribution is 7.57. The van der Waals surface area contributed by atoms with E-state index < -0.39 is 38.3 Å². The van der Waals surface area contributed by atoms with E-state index in [1.54, 1.807) is 0 Å². The van der Waals surface area contributed by atoms with Gasteiger partial charge in [0.1, 0.15) is 5.75 Å². The summed E-state index contributed by atoms with van der Waals surface area (Å²) in [6, 6.07) is 8.01. The third-order valence-corrected chi connectivity index (χ3v) is 11.6. The van der Waals surface area contributed by atoms with Gasteiger partial charge in [-0.05, 0) is 90.5 Å². The van der Waals surface area contributed by atoms with Gasteiger partial charge in [-0.25, -0.2) is 0 Å². The topological polar surface area (TPSA) is 57.1 Å². The molecule has 1 aromatic rings. The molecule has 0 saturated carbocycles. The standard InChI is InChI=1S/C20H40NO4PSi3/c1-17(2)21-20(26(22,24-28(6,7)8)25-29(9,10)11)16-18-12-14-19(15-13-18)23-27(3,4)5/h12-15,20H,16H2,1-11H3. The van der Waals surface area contributed by atoms with Gasteiger partial charge >= 0.3 is 7.60 Å². The Hall–Kier alpha value is -0.509. The molecule has 0 N–H and O–H groups in total. The summed E-state index contributed by atoms with van der Waals surface area (Å²) >= 11 is 0. The Morgan fingerprint density at radius 3 is 1.66 bits per heavy atom. The molecule has 0 aromatic heterocycles. The van der Waals surface area contributed by atoms with Crippen LogP contribution in [-0.2, 0) is 19.4 Å². The summed E-state index contributed by atoms with van der Waals surface area (Å²) in [4.78, 5) is 4.72. The third-order valence-electron chi connectivity index (χ3n) is 3.34. The quantitative estimate of drug-likeness (QED) is 0.206. The van der Waals surface area contributed by atoms with Gasteiger partial charge in [0.15, 0.2) is 22.4 Å². The Kier molecular flexibility index (Phi) is 8.91. The molecule has 0 aliphatic rings. The average molecular weight is 474 g/mol. The molecule has 1 unspecified atom stereocenters. The Labute approximate surface area is 181 Å². The molecule has 0 fully saturated rings. The highest BCUT2D eigenvalue weighted by atomic mass is 31.2. The first-order valence-electron chi connectivity index (χ1n) is 10.2. The van der Waals surface area contributed by atoms with Crippen molar-refractivity contribution in [2.75, 3.05) is 0 Å². The van der Waals surface area contributed by atoms with Gasteiger partial charge in [-0.3, -0.25) is 9.56 Å². The summed E-state index contributed by atoms with van der Waals surface area (Å²) in [7, 11) is -9.30. The monoisotopic (exact) mass is 473 g/mol. The zero-order valence-electron chi connectivity index (χ0n) is 20.1. The van der Waals surface area contributed by atoms with Crippen LogP contribution in [0.15, 0.2) is 29.3 Å². The average Bonchev–Trinajstić information content (AvgIpc) is 2.42. The van der Waals surface area contributed by atoms with Gasteiger partial charge < -0.3 is 12.9 Å². The smallest absolute Gasteiger partial charge is 0.336 e. The van der Waals surface area contributed by atoms with E-state index in [0.29, 0.717) is 6.42 Å². The fourth-order valence-electron chi connectivity index (χ4n) is 2.69. The van der Waals surface area contributed by atoms with Crippen molar-refractivity contribution in [1.29, 1.82) is 0 Å². The van der Waals surface area contributed by atoms with Gasteiger partial charge in [0, 0.05) is 12.1 Å². The van der Waals surface area contributed by atoms with Gasteiger partial charge in [0.2, 0.25) is 8.32 Å². The van der Waals surface area contributed by atoms with Crippen LogP contribution in [0.1, 0.15) is 19.4 Å². The molecule has 1 rings (SSSR count). The van der Waals surface area contributed by atoms with E-state index in [1.165, 1.54) is 0 Å². The van der Waals surface area contributed by atoms with E-state index in [2.05, 4.69) is 19.6 Å². The largest absolute Gasteiger partial charge is 0.544 e. The van der Waals surface area contributed by atoms with E-state index >= 15 is 0 Å². The van der Waals surface area contributed by atoms with Crippen LogP contribution in [0.2, 0.25) is 58.9 Å². The van der Waals surface area contributed by atoms with Crippen molar-refractivity contribution < 1.29 is 17.4 Å². The third kappa shape index (κ3) is 10.9. The van der Waals surface area contributed by atoms with Crippen LogP contribution >= 0.6 is 7.60 Å². The van der Waals surface area contributed by atoms with Crippen LogP contribution in [0.3, 0.4) is 0 Å². The first-order chi connectivity index (χ1) is 12.9. The molecule has 0 aliphatic heterocycles. The summed E-state index contributed by atoms with van der Waals surface area (Å²) in [5.74, 6) is 0.328. The molecule has 0 amide bonds. The summed E-state index contributed by atoms with van der Waals surface area (Å²) < 4.78 is 32.5. The lowest BCUT2D eigenvalue weighted by atomic mass is 10.1. The highest BCUT2D eigenvalue weighted by Crippen LogP contribution is 2.58. The molecule has 9 heteroatoms. The van der Waals surface area contributed by atoms with E-state index in [1.807, 2.05) is 77.4 Å².